The highest BCUT2D eigenvalue weighted by Crippen LogP contribution is 2.20. The number of benzene rings is 1. The standard InChI is InChI=1S/C24H30N4O3/c29-23(21-9-6-14-28(17-21)24(30)27-12-4-5-13-27)26-16-20-10-11-25-22(15-20)31-18-19-7-2-1-3-8-19/h1-3,7-8,10-11,15,21H,4-6,9,12-14,16-18H2,(H,26,29). The second-order valence-electron chi connectivity index (χ2n) is 8.26. The van der Waals surface area contributed by atoms with Crippen molar-refractivity contribution in [1.29, 1.82) is 0 Å². The molecule has 2 aliphatic heterocycles. The number of nitrogens with zero attached hydrogens (tertiary/aromatic N) is 3. The van der Waals surface area contributed by atoms with Gasteiger partial charge >= 0.3 is 6.03 Å². The summed E-state index contributed by atoms with van der Waals surface area (Å²) >= 11 is 0. The fourth-order valence-electron chi connectivity index (χ4n) is 4.18. The Morgan fingerprint density at radius 2 is 1.77 bits per heavy atom. The smallest absolute Gasteiger partial charge is 0.320 e. The predicted molar refractivity (Wildman–Crippen MR) is 117 cm³/mol. The van der Waals surface area contributed by atoms with E-state index in [-0.39, 0.29) is 17.9 Å². The highest BCUT2D eigenvalue weighted by Gasteiger charge is 2.31. The van der Waals surface area contributed by atoms with Crippen molar-refractivity contribution >= 4 is 11.9 Å². The number of pyridine rings is 1. The first-order valence-corrected chi connectivity index (χ1v) is 11.1. The molecule has 3 heterocycles. The van der Waals surface area contributed by atoms with Gasteiger partial charge in [-0.3, -0.25) is 4.79 Å². The number of hydrogen-bond acceptors (Lipinski definition) is 4. The van der Waals surface area contributed by atoms with Crippen LogP contribution in [0.3, 0.4) is 0 Å². The molecular formula is C24H30N4O3. The Labute approximate surface area is 183 Å². The van der Waals surface area contributed by atoms with Gasteiger partial charge in [-0.2, -0.15) is 0 Å². The van der Waals surface area contributed by atoms with E-state index in [1.807, 2.05) is 52.3 Å². The van der Waals surface area contributed by atoms with Crippen molar-refractivity contribution in [3.05, 3.63) is 59.8 Å². The van der Waals surface area contributed by atoms with Gasteiger partial charge in [-0.1, -0.05) is 30.3 Å². The number of aromatic nitrogens is 1. The van der Waals surface area contributed by atoms with E-state index in [0.717, 1.165) is 56.4 Å². The van der Waals surface area contributed by atoms with Gasteiger partial charge in [-0.25, -0.2) is 9.78 Å². The first kappa shape index (κ1) is 21.2. The van der Waals surface area contributed by atoms with Gasteiger partial charge in [0.05, 0.1) is 5.92 Å². The van der Waals surface area contributed by atoms with Crippen LogP contribution < -0.4 is 10.1 Å². The zero-order valence-corrected chi connectivity index (χ0v) is 17.8. The van der Waals surface area contributed by atoms with Gasteiger partial charge < -0.3 is 19.9 Å². The molecule has 7 nitrogen and oxygen atoms in total. The molecule has 2 aromatic rings. The number of nitrogens with one attached hydrogen (secondary N) is 1. The molecular weight excluding hydrogens is 392 g/mol. The summed E-state index contributed by atoms with van der Waals surface area (Å²) in [5.41, 5.74) is 2.01. The van der Waals surface area contributed by atoms with Gasteiger partial charge in [0.15, 0.2) is 0 Å². The third-order valence-corrected chi connectivity index (χ3v) is 5.93. The van der Waals surface area contributed by atoms with Crippen molar-refractivity contribution in [2.75, 3.05) is 26.2 Å². The largest absolute Gasteiger partial charge is 0.473 e. The molecule has 7 heteroatoms. The fourth-order valence-corrected chi connectivity index (χ4v) is 4.18. The van der Waals surface area contributed by atoms with E-state index >= 15 is 0 Å². The second-order valence-corrected chi connectivity index (χ2v) is 8.26. The summed E-state index contributed by atoms with van der Waals surface area (Å²) in [4.78, 5) is 33.4. The number of rotatable bonds is 6. The SMILES string of the molecule is O=C(NCc1ccnc(OCc2ccccc2)c1)C1CCCN(C(=O)N2CCCC2)C1. The lowest BCUT2D eigenvalue weighted by atomic mass is 9.97. The van der Waals surface area contributed by atoms with Gasteiger partial charge in [0.1, 0.15) is 6.61 Å². The molecule has 164 valence electrons. The topological polar surface area (TPSA) is 74.8 Å². The molecule has 31 heavy (non-hydrogen) atoms. The normalized spacial score (nSPS) is 18.6. The molecule has 0 aliphatic carbocycles. The van der Waals surface area contributed by atoms with Gasteiger partial charge in [0, 0.05) is 45.0 Å². The number of urea groups is 1. The molecule has 0 radical (unpaired) electrons. The lowest BCUT2D eigenvalue weighted by Gasteiger charge is -2.34. The Hall–Kier alpha value is -3.09. The molecule has 2 saturated heterocycles. The maximum absolute atomic E-state index is 12.7. The summed E-state index contributed by atoms with van der Waals surface area (Å²) in [6.07, 6.45) is 5.53. The van der Waals surface area contributed by atoms with Crippen LogP contribution in [0.4, 0.5) is 4.79 Å². The van der Waals surface area contributed by atoms with Gasteiger partial charge in [0.2, 0.25) is 11.8 Å². The Kier molecular flexibility index (Phi) is 7.02. The number of carbonyl (C=O) groups is 2. The van der Waals surface area contributed by atoms with Crippen LogP contribution in [0.15, 0.2) is 48.7 Å². The van der Waals surface area contributed by atoms with Gasteiger partial charge in [-0.05, 0) is 42.9 Å². The van der Waals surface area contributed by atoms with Crippen LogP contribution in [0.2, 0.25) is 0 Å². The lowest BCUT2D eigenvalue weighted by molar-refractivity contribution is -0.126. The highest BCUT2D eigenvalue weighted by molar-refractivity contribution is 5.81. The van der Waals surface area contributed by atoms with E-state index in [0.29, 0.717) is 25.6 Å². The molecule has 0 spiro atoms. The van der Waals surface area contributed by atoms with Crippen molar-refractivity contribution in [1.82, 2.24) is 20.1 Å². The van der Waals surface area contributed by atoms with E-state index in [1.54, 1.807) is 6.20 Å². The van der Waals surface area contributed by atoms with Crippen molar-refractivity contribution in [3.8, 4) is 5.88 Å². The molecule has 1 aromatic heterocycles. The zero-order valence-electron chi connectivity index (χ0n) is 17.8. The Balaban J connectivity index is 1.26. The summed E-state index contributed by atoms with van der Waals surface area (Å²) in [6, 6.07) is 13.8. The van der Waals surface area contributed by atoms with E-state index in [9.17, 15) is 9.59 Å². The zero-order chi connectivity index (χ0) is 21.5. The Morgan fingerprint density at radius 1 is 1.00 bits per heavy atom. The molecule has 1 unspecified atom stereocenters. The molecule has 2 fully saturated rings. The predicted octanol–water partition coefficient (Wildman–Crippen LogP) is 3.20. The molecule has 2 aliphatic rings. The number of likely N-dealkylation sites (tertiary alicyclic amines) is 2. The maximum Gasteiger partial charge on any atom is 0.320 e. The van der Waals surface area contributed by atoms with Crippen LogP contribution in [-0.4, -0.2) is 52.9 Å². The fraction of sp³-hybridized carbons (Fsp3) is 0.458. The van der Waals surface area contributed by atoms with Crippen LogP contribution in [0.5, 0.6) is 5.88 Å². The number of hydrogen-bond donors (Lipinski definition) is 1. The Morgan fingerprint density at radius 3 is 2.58 bits per heavy atom. The van der Waals surface area contributed by atoms with Crippen LogP contribution in [0.25, 0.3) is 0 Å². The number of carbonyl (C=O) groups excluding carboxylic acids is 2. The minimum absolute atomic E-state index is 0.00230. The van der Waals surface area contributed by atoms with E-state index in [2.05, 4.69) is 10.3 Å². The molecule has 1 aromatic carbocycles. The van der Waals surface area contributed by atoms with Crippen LogP contribution >= 0.6 is 0 Å². The van der Waals surface area contributed by atoms with Crippen molar-refractivity contribution < 1.29 is 14.3 Å². The number of piperidine rings is 1. The molecule has 3 amide bonds. The molecule has 1 N–H and O–H groups in total. The van der Waals surface area contributed by atoms with E-state index < -0.39 is 0 Å². The van der Waals surface area contributed by atoms with Crippen LogP contribution in [0, 0.1) is 5.92 Å². The summed E-state index contributed by atoms with van der Waals surface area (Å²) in [5, 5.41) is 3.02. The molecule has 4 rings (SSSR count). The van der Waals surface area contributed by atoms with Gasteiger partial charge in [0.25, 0.3) is 0 Å². The molecule has 0 saturated carbocycles. The quantitative estimate of drug-likeness (QED) is 0.776. The summed E-state index contributed by atoms with van der Waals surface area (Å²) in [6.45, 7) is 3.78. The second kappa shape index (κ2) is 10.3. The monoisotopic (exact) mass is 422 g/mol. The average Bonchev–Trinajstić information content (AvgIpc) is 3.37. The van der Waals surface area contributed by atoms with Crippen LogP contribution in [-0.2, 0) is 17.9 Å². The first-order chi connectivity index (χ1) is 15.2. The maximum atomic E-state index is 12.7. The summed E-state index contributed by atoms with van der Waals surface area (Å²) < 4.78 is 5.77. The minimum atomic E-state index is -0.157. The Bertz CT molecular complexity index is 883. The number of ether oxygens (including phenoxy) is 1. The van der Waals surface area contributed by atoms with Crippen molar-refractivity contribution in [2.24, 2.45) is 5.92 Å². The number of amides is 3. The highest BCUT2D eigenvalue weighted by atomic mass is 16.5. The van der Waals surface area contributed by atoms with Crippen molar-refractivity contribution in [3.63, 3.8) is 0 Å². The van der Waals surface area contributed by atoms with E-state index in [4.69, 9.17) is 4.74 Å². The third kappa shape index (κ3) is 5.75. The first-order valence-electron chi connectivity index (χ1n) is 11.1. The molecule has 0 bridgehead atoms. The summed E-state index contributed by atoms with van der Waals surface area (Å²) in [7, 11) is 0. The summed E-state index contributed by atoms with van der Waals surface area (Å²) in [5.74, 6) is 0.383. The van der Waals surface area contributed by atoms with Gasteiger partial charge in [-0.15, -0.1) is 0 Å². The average molecular weight is 423 g/mol. The van der Waals surface area contributed by atoms with Crippen LogP contribution in [0.1, 0.15) is 36.8 Å². The van der Waals surface area contributed by atoms with E-state index in [1.165, 1.54) is 0 Å². The lowest BCUT2D eigenvalue weighted by Crippen LogP contribution is -2.49. The third-order valence-electron chi connectivity index (χ3n) is 5.93. The van der Waals surface area contributed by atoms with Crippen molar-refractivity contribution in [2.45, 2.75) is 38.8 Å². The molecule has 1 atom stereocenters. The minimum Gasteiger partial charge on any atom is -0.473 e.